The molecule has 2 aromatic rings. The smallest absolute Gasteiger partial charge is 0.417 e. The van der Waals surface area contributed by atoms with E-state index in [1.54, 1.807) is 0 Å². The number of thioether (sulfide) groups is 1. The van der Waals surface area contributed by atoms with Crippen LogP contribution in [0.15, 0.2) is 39.7 Å². The van der Waals surface area contributed by atoms with Crippen LogP contribution in [0.4, 0.5) is 26.3 Å². The van der Waals surface area contributed by atoms with Crippen molar-refractivity contribution in [3.05, 3.63) is 52.1 Å². The van der Waals surface area contributed by atoms with Gasteiger partial charge in [0.05, 0.1) is 21.9 Å². The van der Waals surface area contributed by atoms with Crippen molar-refractivity contribution in [2.24, 2.45) is 5.92 Å². The van der Waals surface area contributed by atoms with Gasteiger partial charge in [0, 0.05) is 18.2 Å². The first-order valence-electron chi connectivity index (χ1n) is 10.1. The molecule has 2 heterocycles. The summed E-state index contributed by atoms with van der Waals surface area (Å²) in [5, 5.41) is 8.94. The molecular weight excluding hydrogens is 520 g/mol. The standard InChI is InChI=1S/C22H17F6NO4S2/c1-11(19(31)32)3-2-8-29-18(30)17(35-20(29)34)10-13-5-7-16(33-13)14-9-12(21(23,24)25)4-6-15(14)22(26,27)28/h4-7,9-11H,2-3,8H2,1H3,(H,31,32). The summed E-state index contributed by atoms with van der Waals surface area (Å²) < 4.78 is 85.0. The Morgan fingerprint density at radius 2 is 1.86 bits per heavy atom. The third-order valence-electron chi connectivity index (χ3n) is 5.13. The summed E-state index contributed by atoms with van der Waals surface area (Å²) in [5.74, 6) is -2.55. The van der Waals surface area contributed by atoms with Gasteiger partial charge in [-0.25, -0.2) is 0 Å². The lowest BCUT2D eigenvalue weighted by Gasteiger charge is -2.15. The lowest BCUT2D eigenvalue weighted by atomic mass is 10.0. The zero-order valence-electron chi connectivity index (χ0n) is 17.9. The fourth-order valence-corrected chi connectivity index (χ4v) is 4.54. The number of aliphatic carboxylic acids is 1. The Labute approximate surface area is 204 Å². The van der Waals surface area contributed by atoms with Crippen molar-refractivity contribution in [2.45, 2.75) is 32.1 Å². The number of carbonyl (C=O) groups is 2. The second-order valence-corrected chi connectivity index (χ2v) is 9.35. The van der Waals surface area contributed by atoms with Crippen molar-refractivity contribution < 1.29 is 45.5 Å². The van der Waals surface area contributed by atoms with Crippen molar-refractivity contribution in [1.29, 1.82) is 0 Å². The Morgan fingerprint density at radius 3 is 2.46 bits per heavy atom. The third-order valence-corrected chi connectivity index (χ3v) is 6.51. The van der Waals surface area contributed by atoms with Gasteiger partial charge >= 0.3 is 18.3 Å². The second-order valence-electron chi connectivity index (χ2n) is 7.67. The van der Waals surface area contributed by atoms with Crippen molar-refractivity contribution >= 4 is 46.3 Å². The number of benzene rings is 1. The van der Waals surface area contributed by atoms with E-state index in [9.17, 15) is 35.9 Å². The molecule has 0 spiro atoms. The summed E-state index contributed by atoms with van der Waals surface area (Å²) in [5.41, 5.74) is -3.35. The number of nitrogens with zero attached hydrogens (tertiary/aromatic N) is 1. The molecule has 188 valence electrons. The summed E-state index contributed by atoms with van der Waals surface area (Å²) in [6.07, 6.45) is -7.83. The minimum atomic E-state index is -4.92. The van der Waals surface area contributed by atoms with Crippen molar-refractivity contribution in [1.82, 2.24) is 4.90 Å². The number of carbonyl (C=O) groups excluding carboxylic acids is 1. The van der Waals surface area contributed by atoms with Gasteiger partial charge in [0.1, 0.15) is 15.8 Å². The number of furan rings is 1. The highest BCUT2D eigenvalue weighted by molar-refractivity contribution is 8.26. The normalized spacial score (nSPS) is 16.9. The number of hydrogen-bond acceptors (Lipinski definition) is 5. The number of rotatable bonds is 7. The van der Waals surface area contributed by atoms with Crippen LogP contribution in [0, 0.1) is 5.92 Å². The number of alkyl halides is 6. The molecule has 3 rings (SSSR count). The quantitative estimate of drug-likeness (QED) is 0.241. The van der Waals surface area contributed by atoms with Gasteiger partial charge in [0.15, 0.2) is 0 Å². The van der Waals surface area contributed by atoms with Crippen molar-refractivity contribution in [3.63, 3.8) is 0 Å². The Hall–Kier alpha value is -2.80. The molecule has 1 aromatic heterocycles. The lowest BCUT2D eigenvalue weighted by Crippen LogP contribution is -2.29. The number of carboxylic acids is 1. The third kappa shape index (κ3) is 6.26. The van der Waals surface area contributed by atoms with E-state index in [0.717, 1.165) is 17.8 Å². The first-order chi connectivity index (χ1) is 16.2. The van der Waals surface area contributed by atoms with Crippen LogP contribution in [-0.2, 0) is 21.9 Å². The van der Waals surface area contributed by atoms with Crippen LogP contribution < -0.4 is 0 Å². The van der Waals surface area contributed by atoms with E-state index < -0.39 is 52.6 Å². The lowest BCUT2D eigenvalue weighted by molar-refractivity contribution is -0.141. The molecule has 1 aromatic carbocycles. The van der Waals surface area contributed by atoms with E-state index in [4.69, 9.17) is 21.7 Å². The molecule has 1 fully saturated rings. The van der Waals surface area contributed by atoms with Crippen LogP contribution in [-0.4, -0.2) is 32.7 Å². The highest BCUT2D eigenvalue weighted by atomic mass is 32.2. The molecule has 35 heavy (non-hydrogen) atoms. The second kappa shape index (κ2) is 10.1. The molecule has 1 N–H and O–H groups in total. The topological polar surface area (TPSA) is 70.8 Å². The van der Waals surface area contributed by atoms with Crippen LogP contribution in [0.2, 0.25) is 0 Å². The van der Waals surface area contributed by atoms with Gasteiger partial charge in [-0.1, -0.05) is 30.9 Å². The van der Waals surface area contributed by atoms with E-state index in [2.05, 4.69) is 0 Å². The molecule has 1 aliphatic rings. The van der Waals surface area contributed by atoms with E-state index in [-0.39, 0.29) is 21.5 Å². The SMILES string of the molecule is CC(CCCN1C(=O)C(=Cc2ccc(-c3cc(C(F)(F)F)ccc3C(F)(F)F)o2)SC1=S)C(=O)O. The maximum Gasteiger partial charge on any atom is 0.417 e. The molecule has 0 radical (unpaired) electrons. The van der Waals surface area contributed by atoms with E-state index in [1.165, 1.54) is 24.0 Å². The average Bonchev–Trinajstić information content (AvgIpc) is 3.31. The molecule has 1 atom stereocenters. The van der Waals surface area contributed by atoms with Crippen molar-refractivity contribution in [2.75, 3.05) is 6.54 Å². The van der Waals surface area contributed by atoms with Gasteiger partial charge in [-0.2, -0.15) is 26.3 Å². The fourth-order valence-electron chi connectivity index (χ4n) is 3.25. The number of amides is 1. The monoisotopic (exact) mass is 537 g/mol. The van der Waals surface area contributed by atoms with Gasteiger partial charge in [-0.15, -0.1) is 0 Å². The van der Waals surface area contributed by atoms with Crippen LogP contribution in [0.3, 0.4) is 0 Å². The zero-order valence-corrected chi connectivity index (χ0v) is 19.5. The minimum absolute atomic E-state index is 0.0504. The van der Waals surface area contributed by atoms with Gasteiger partial charge in [0.25, 0.3) is 5.91 Å². The molecule has 0 saturated carbocycles. The van der Waals surface area contributed by atoms with E-state index in [1.807, 2.05) is 0 Å². The highest BCUT2D eigenvalue weighted by Gasteiger charge is 2.38. The first-order valence-corrected chi connectivity index (χ1v) is 11.3. The molecule has 1 amide bonds. The van der Waals surface area contributed by atoms with Gasteiger partial charge in [-0.05, 0) is 43.2 Å². The molecule has 0 bridgehead atoms. The van der Waals surface area contributed by atoms with Crippen LogP contribution in [0.25, 0.3) is 17.4 Å². The van der Waals surface area contributed by atoms with E-state index >= 15 is 0 Å². The number of carboxylic acid groups (broad SMARTS) is 1. The number of hydrogen-bond donors (Lipinski definition) is 1. The van der Waals surface area contributed by atoms with Crippen LogP contribution in [0.5, 0.6) is 0 Å². The summed E-state index contributed by atoms with van der Waals surface area (Å²) in [6.45, 7) is 1.72. The van der Waals surface area contributed by atoms with Crippen molar-refractivity contribution in [3.8, 4) is 11.3 Å². The van der Waals surface area contributed by atoms with Crippen LogP contribution in [0.1, 0.15) is 36.7 Å². The maximum absolute atomic E-state index is 13.4. The van der Waals surface area contributed by atoms with Crippen LogP contribution >= 0.6 is 24.0 Å². The molecule has 0 aliphatic carbocycles. The molecular formula is C22H17F6NO4S2. The summed E-state index contributed by atoms with van der Waals surface area (Å²) in [7, 11) is 0. The Balaban J connectivity index is 1.84. The van der Waals surface area contributed by atoms with Gasteiger partial charge < -0.3 is 9.52 Å². The highest BCUT2D eigenvalue weighted by Crippen LogP contribution is 2.41. The summed E-state index contributed by atoms with van der Waals surface area (Å²) in [6, 6.07) is 3.37. The predicted molar refractivity (Wildman–Crippen MR) is 120 cm³/mol. The Bertz CT molecular complexity index is 1190. The fraction of sp³-hybridized carbons (Fsp3) is 0.318. The Morgan fingerprint density at radius 1 is 1.17 bits per heavy atom. The molecule has 1 saturated heterocycles. The van der Waals surface area contributed by atoms with Gasteiger partial charge in [0.2, 0.25) is 0 Å². The minimum Gasteiger partial charge on any atom is -0.481 e. The zero-order chi connectivity index (χ0) is 26.1. The molecule has 5 nitrogen and oxygen atoms in total. The predicted octanol–water partition coefficient (Wildman–Crippen LogP) is 6.69. The molecule has 13 heteroatoms. The van der Waals surface area contributed by atoms with Gasteiger partial charge in [-0.3, -0.25) is 14.5 Å². The summed E-state index contributed by atoms with van der Waals surface area (Å²) in [4.78, 5) is 25.0. The first kappa shape index (κ1) is 26.8. The average molecular weight is 538 g/mol. The molecule has 1 unspecified atom stereocenters. The maximum atomic E-state index is 13.4. The number of halogens is 6. The largest absolute Gasteiger partial charge is 0.481 e. The summed E-state index contributed by atoms with van der Waals surface area (Å²) >= 11 is 6.10. The van der Waals surface area contributed by atoms with E-state index in [0.29, 0.717) is 31.0 Å². The Kier molecular flexibility index (Phi) is 7.70. The molecule has 1 aliphatic heterocycles. The number of thiocarbonyl (C=S) groups is 1.